The second-order valence-electron chi connectivity index (χ2n) is 5.45. The fraction of sp³-hybridized carbons (Fsp3) is 0.600. The molecular formula is C15H23ClN2. The Morgan fingerprint density at radius 2 is 2.17 bits per heavy atom. The van der Waals surface area contributed by atoms with Crippen LogP contribution in [0.5, 0.6) is 0 Å². The highest BCUT2D eigenvalue weighted by molar-refractivity contribution is 6.30. The molecule has 2 nitrogen and oxygen atoms in total. The normalized spacial score (nSPS) is 18.9. The third-order valence-corrected chi connectivity index (χ3v) is 4.02. The number of rotatable bonds is 6. The van der Waals surface area contributed by atoms with Crippen LogP contribution in [0.25, 0.3) is 0 Å². The van der Waals surface area contributed by atoms with Gasteiger partial charge in [-0.05, 0) is 49.9 Å². The predicted molar refractivity (Wildman–Crippen MR) is 77.8 cm³/mol. The van der Waals surface area contributed by atoms with Crippen molar-refractivity contribution in [1.82, 2.24) is 4.90 Å². The molecule has 2 unspecified atom stereocenters. The van der Waals surface area contributed by atoms with Crippen molar-refractivity contribution in [3.8, 4) is 0 Å². The molecule has 2 atom stereocenters. The molecule has 1 fully saturated rings. The highest BCUT2D eigenvalue weighted by Crippen LogP contribution is 2.33. The lowest BCUT2D eigenvalue weighted by Gasteiger charge is -2.33. The van der Waals surface area contributed by atoms with E-state index in [4.69, 9.17) is 17.3 Å². The van der Waals surface area contributed by atoms with E-state index < -0.39 is 0 Å². The summed E-state index contributed by atoms with van der Waals surface area (Å²) in [4.78, 5) is 2.40. The van der Waals surface area contributed by atoms with Gasteiger partial charge in [0.25, 0.3) is 0 Å². The Balaban J connectivity index is 2.17. The summed E-state index contributed by atoms with van der Waals surface area (Å²) in [6.45, 7) is 3.29. The molecule has 1 saturated carbocycles. The van der Waals surface area contributed by atoms with Crippen LogP contribution in [0.15, 0.2) is 24.3 Å². The Morgan fingerprint density at radius 1 is 1.44 bits per heavy atom. The minimum Gasteiger partial charge on any atom is -0.326 e. The van der Waals surface area contributed by atoms with E-state index >= 15 is 0 Å². The number of likely N-dealkylation sites (N-methyl/N-ethyl adjacent to an activating group) is 1. The van der Waals surface area contributed by atoms with Crippen molar-refractivity contribution in [1.29, 1.82) is 0 Å². The van der Waals surface area contributed by atoms with Gasteiger partial charge in [0.05, 0.1) is 0 Å². The minimum absolute atomic E-state index is 0.159. The molecule has 0 heterocycles. The molecule has 1 aromatic carbocycles. The van der Waals surface area contributed by atoms with Crippen LogP contribution >= 0.6 is 11.6 Å². The van der Waals surface area contributed by atoms with Crippen LogP contribution in [0.3, 0.4) is 0 Å². The SMILES string of the molecule is CCC(N)C(c1cccc(Cl)c1)N(C)CC1CC1. The molecule has 0 spiro atoms. The van der Waals surface area contributed by atoms with Crippen molar-refractivity contribution in [2.75, 3.05) is 13.6 Å². The maximum atomic E-state index is 6.31. The lowest BCUT2D eigenvalue weighted by Crippen LogP contribution is -2.39. The molecule has 0 radical (unpaired) electrons. The summed E-state index contributed by atoms with van der Waals surface area (Å²) >= 11 is 6.10. The fourth-order valence-electron chi connectivity index (χ4n) is 2.56. The number of halogens is 1. The van der Waals surface area contributed by atoms with Crippen molar-refractivity contribution < 1.29 is 0 Å². The zero-order chi connectivity index (χ0) is 13.1. The van der Waals surface area contributed by atoms with E-state index in [0.717, 1.165) is 23.9 Å². The van der Waals surface area contributed by atoms with Gasteiger partial charge in [0.2, 0.25) is 0 Å². The Labute approximate surface area is 115 Å². The van der Waals surface area contributed by atoms with Gasteiger partial charge in [0.1, 0.15) is 0 Å². The first kappa shape index (κ1) is 13.9. The summed E-state index contributed by atoms with van der Waals surface area (Å²) in [6.07, 6.45) is 3.72. The number of nitrogens with zero attached hydrogens (tertiary/aromatic N) is 1. The number of benzene rings is 1. The summed E-state index contributed by atoms with van der Waals surface area (Å²) in [6, 6.07) is 8.54. The van der Waals surface area contributed by atoms with Crippen molar-refractivity contribution in [2.45, 2.75) is 38.3 Å². The molecule has 100 valence electrons. The molecule has 0 aromatic heterocycles. The van der Waals surface area contributed by atoms with E-state index in [1.54, 1.807) is 0 Å². The van der Waals surface area contributed by atoms with Crippen LogP contribution in [0.4, 0.5) is 0 Å². The van der Waals surface area contributed by atoms with Crippen LogP contribution in [0.2, 0.25) is 5.02 Å². The molecule has 2 N–H and O–H groups in total. The first-order chi connectivity index (χ1) is 8.61. The zero-order valence-corrected chi connectivity index (χ0v) is 12.0. The molecule has 0 aliphatic heterocycles. The van der Waals surface area contributed by atoms with Gasteiger partial charge in [-0.2, -0.15) is 0 Å². The van der Waals surface area contributed by atoms with Gasteiger partial charge in [-0.3, -0.25) is 4.90 Å². The van der Waals surface area contributed by atoms with Gasteiger partial charge in [-0.15, -0.1) is 0 Å². The van der Waals surface area contributed by atoms with Crippen LogP contribution in [0.1, 0.15) is 37.8 Å². The van der Waals surface area contributed by atoms with Gasteiger partial charge < -0.3 is 5.73 Å². The number of hydrogen-bond acceptors (Lipinski definition) is 2. The average molecular weight is 267 g/mol. The van der Waals surface area contributed by atoms with Crippen LogP contribution < -0.4 is 5.73 Å². The van der Waals surface area contributed by atoms with Crippen molar-refractivity contribution >= 4 is 11.6 Å². The lowest BCUT2D eigenvalue weighted by molar-refractivity contribution is 0.202. The molecule has 0 bridgehead atoms. The second-order valence-corrected chi connectivity index (χ2v) is 5.89. The van der Waals surface area contributed by atoms with Gasteiger partial charge in [-0.1, -0.05) is 30.7 Å². The van der Waals surface area contributed by atoms with Crippen LogP contribution in [-0.2, 0) is 0 Å². The van der Waals surface area contributed by atoms with E-state index in [2.05, 4.69) is 24.9 Å². The summed E-state index contributed by atoms with van der Waals surface area (Å²) in [5.74, 6) is 0.876. The van der Waals surface area contributed by atoms with E-state index in [-0.39, 0.29) is 12.1 Å². The van der Waals surface area contributed by atoms with E-state index in [9.17, 15) is 0 Å². The predicted octanol–water partition coefficient (Wildman–Crippen LogP) is 3.46. The first-order valence-corrected chi connectivity index (χ1v) is 7.21. The molecule has 2 rings (SSSR count). The van der Waals surface area contributed by atoms with Gasteiger partial charge >= 0.3 is 0 Å². The maximum absolute atomic E-state index is 6.31. The van der Waals surface area contributed by atoms with Gasteiger partial charge in [0, 0.05) is 23.7 Å². The highest BCUT2D eigenvalue weighted by atomic mass is 35.5. The summed E-state index contributed by atoms with van der Waals surface area (Å²) in [5, 5.41) is 0.792. The molecule has 18 heavy (non-hydrogen) atoms. The van der Waals surface area contributed by atoms with Crippen LogP contribution in [0, 0.1) is 5.92 Å². The number of nitrogens with two attached hydrogens (primary N) is 1. The molecule has 3 heteroatoms. The molecular weight excluding hydrogens is 244 g/mol. The Kier molecular flexibility index (Phi) is 4.66. The topological polar surface area (TPSA) is 29.3 Å². The van der Waals surface area contributed by atoms with Crippen molar-refractivity contribution in [3.05, 3.63) is 34.9 Å². The lowest BCUT2D eigenvalue weighted by atomic mass is 9.96. The molecule has 1 aromatic rings. The zero-order valence-electron chi connectivity index (χ0n) is 11.3. The third-order valence-electron chi connectivity index (χ3n) is 3.79. The number of hydrogen-bond donors (Lipinski definition) is 1. The molecule has 1 aliphatic rings. The Hall–Kier alpha value is -0.570. The van der Waals surface area contributed by atoms with E-state index in [1.165, 1.54) is 18.4 Å². The average Bonchev–Trinajstić information content (AvgIpc) is 3.13. The Morgan fingerprint density at radius 3 is 2.72 bits per heavy atom. The highest BCUT2D eigenvalue weighted by Gasteiger charge is 2.29. The van der Waals surface area contributed by atoms with E-state index in [1.807, 2.05) is 18.2 Å². The van der Waals surface area contributed by atoms with E-state index in [0.29, 0.717) is 0 Å². The second kappa shape index (κ2) is 6.05. The van der Waals surface area contributed by atoms with Gasteiger partial charge in [-0.25, -0.2) is 0 Å². The Bertz CT molecular complexity index is 390. The van der Waals surface area contributed by atoms with Crippen molar-refractivity contribution in [3.63, 3.8) is 0 Å². The summed E-state index contributed by atoms with van der Waals surface area (Å²) in [5.41, 5.74) is 7.55. The standard InChI is InChI=1S/C15H23ClN2/c1-3-14(17)15(18(2)10-11-7-8-11)12-5-4-6-13(16)9-12/h4-6,9,11,14-15H,3,7-8,10,17H2,1-2H3. The minimum atomic E-state index is 0.159. The van der Waals surface area contributed by atoms with Crippen LogP contribution in [-0.4, -0.2) is 24.5 Å². The third kappa shape index (κ3) is 3.47. The monoisotopic (exact) mass is 266 g/mol. The quantitative estimate of drug-likeness (QED) is 0.854. The molecule has 0 amide bonds. The maximum Gasteiger partial charge on any atom is 0.0496 e. The summed E-state index contributed by atoms with van der Waals surface area (Å²) in [7, 11) is 2.18. The van der Waals surface area contributed by atoms with Crippen molar-refractivity contribution in [2.24, 2.45) is 11.7 Å². The molecule has 0 saturated heterocycles. The van der Waals surface area contributed by atoms with Gasteiger partial charge in [0.15, 0.2) is 0 Å². The first-order valence-electron chi connectivity index (χ1n) is 6.83. The smallest absolute Gasteiger partial charge is 0.0496 e. The fourth-order valence-corrected chi connectivity index (χ4v) is 2.76. The molecule has 1 aliphatic carbocycles. The largest absolute Gasteiger partial charge is 0.326 e. The summed E-state index contributed by atoms with van der Waals surface area (Å²) < 4.78 is 0.